The largest absolute Gasteiger partial charge is 0.372 e. The molecule has 0 aliphatic carbocycles. The van der Waals surface area contributed by atoms with Gasteiger partial charge in [0.25, 0.3) is 0 Å². The average Bonchev–Trinajstić information content (AvgIpc) is 2.52. The van der Waals surface area contributed by atoms with Crippen molar-refractivity contribution in [3.05, 3.63) is 29.8 Å². The fraction of sp³-hybridized carbons (Fsp3) is 0.647. The monoisotopic (exact) mass is 292 g/mol. The number of piperidine rings is 1. The first-order valence-electron chi connectivity index (χ1n) is 7.94. The summed E-state index contributed by atoms with van der Waals surface area (Å²) in [7, 11) is 0. The maximum Gasteiger partial charge on any atom is 0.0366 e. The van der Waals surface area contributed by atoms with E-state index in [4.69, 9.17) is 0 Å². The summed E-state index contributed by atoms with van der Waals surface area (Å²) < 4.78 is 0. The Labute approximate surface area is 128 Å². The number of benzene rings is 1. The molecule has 112 valence electrons. The van der Waals surface area contributed by atoms with E-state index in [0.29, 0.717) is 6.04 Å². The number of anilines is 1. The van der Waals surface area contributed by atoms with Gasteiger partial charge in [-0.1, -0.05) is 19.1 Å². The highest BCUT2D eigenvalue weighted by Gasteiger charge is 2.10. The Bertz CT molecular complexity index is 371. The normalized spacial score (nSPS) is 17.2. The van der Waals surface area contributed by atoms with Crippen molar-refractivity contribution in [3.8, 4) is 0 Å². The minimum absolute atomic E-state index is 0.585. The molecule has 0 bridgehead atoms. The Hall–Kier alpha value is -0.670. The molecular formula is C17H28N2S. The third kappa shape index (κ3) is 5.02. The van der Waals surface area contributed by atoms with Crippen LogP contribution in [0.4, 0.5) is 5.69 Å². The number of hydrogen-bond acceptors (Lipinski definition) is 3. The lowest BCUT2D eigenvalue weighted by molar-refractivity contribution is 0.577. The van der Waals surface area contributed by atoms with Crippen molar-refractivity contribution >= 4 is 17.4 Å². The fourth-order valence-corrected chi connectivity index (χ4v) is 3.33. The number of rotatable bonds is 7. The Morgan fingerprint density at radius 3 is 2.50 bits per heavy atom. The predicted molar refractivity (Wildman–Crippen MR) is 91.8 cm³/mol. The van der Waals surface area contributed by atoms with Gasteiger partial charge in [-0.25, -0.2) is 0 Å². The van der Waals surface area contributed by atoms with Gasteiger partial charge in [0.05, 0.1) is 0 Å². The summed E-state index contributed by atoms with van der Waals surface area (Å²) in [6, 6.07) is 9.70. The molecule has 1 aliphatic rings. The molecule has 1 unspecified atom stereocenters. The molecule has 1 aromatic rings. The molecule has 1 N–H and O–H groups in total. The second-order valence-corrected chi connectivity index (χ2v) is 6.97. The first-order valence-corrected chi connectivity index (χ1v) is 9.10. The first kappa shape index (κ1) is 15.7. The number of nitrogens with one attached hydrogen (secondary N) is 1. The zero-order chi connectivity index (χ0) is 14.2. The van der Waals surface area contributed by atoms with Crippen LogP contribution < -0.4 is 10.2 Å². The van der Waals surface area contributed by atoms with E-state index in [0.717, 1.165) is 6.54 Å². The summed E-state index contributed by atoms with van der Waals surface area (Å²) in [5.41, 5.74) is 2.78. The molecule has 0 amide bonds. The van der Waals surface area contributed by atoms with Crippen molar-refractivity contribution in [2.24, 2.45) is 0 Å². The molecular weight excluding hydrogens is 264 g/mol. The average molecular weight is 292 g/mol. The van der Waals surface area contributed by atoms with Crippen LogP contribution >= 0.6 is 11.8 Å². The predicted octanol–water partition coefficient (Wildman–Crippen LogP) is 3.91. The maximum absolute atomic E-state index is 3.60. The summed E-state index contributed by atoms with van der Waals surface area (Å²) in [6.45, 7) is 7.92. The van der Waals surface area contributed by atoms with E-state index in [9.17, 15) is 0 Å². The van der Waals surface area contributed by atoms with Gasteiger partial charge < -0.3 is 10.2 Å². The van der Waals surface area contributed by atoms with E-state index < -0.39 is 0 Å². The van der Waals surface area contributed by atoms with Gasteiger partial charge in [-0.2, -0.15) is 11.8 Å². The minimum atomic E-state index is 0.585. The van der Waals surface area contributed by atoms with Gasteiger partial charge in [0, 0.05) is 37.1 Å². The van der Waals surface area contributed by atoms with E-state index in [1.54, 1.807) is 0 Å². The van der Waals surface area contributed by atoms with Crippen LogP contribution in [-0.4, -0.2) is 30.6 Å². The summed E-state index contributed by atoms with van der Waals surface area (Å²) in [5.74, 6) is 2.40. The maximum atomic E-state index is 3.60. The zero-order valence-corrected chi connectivity index (χ0v) is 13.7. The summed E-state index contributed by atoms with van der Waals surface area (Å²) in [6.07, 6.45) is 4.08. The van der Waals surface area contributed by atoms with Crippen molar-refractivity contribution in [2.75, 3.05) is 29.5 Å². The Balaban J connectivity index is 1.79. The minimum Gasteiger partial charge on any atom is -0.372 e. The van der Waals surface area contributed by atoms with Crippen molar-refractivity contribution in [1.82, 2.24) is 5.32 Å². The van der Waals surface area contributed by atoms with E-state index in [1.165, 1.54) is 55.1 Å². The lowest BCUT2D eigenvalue weighted by Gasteiger charge is -2.28. The van der Waals surface area contributed by atoms with Crippen molar-refractivity contribution in [2.45, 2.75) is 45.7 Å². The number of hydrogen-bond donors (Lipinski definition) is 1. The molecule has 1 atom stereocenters. The topological polar surface area (TPSA) is 15.3 Å². The fourth-order valence-electron chi connectivity index (χ4n) is 2.62. The van der Waals surface area contributed by atoms with E-state index in [-0.39, 0.29) is 0 Å². The molecule has 2 nitrogen and oxygen atoms in total. The molecule has 20 heavy (non-hydrogen) atoms. The van der Waals surface area contributed by atoms with E-state index in [2.05, 4.69) is 48.3 Å². The molecule has 2 rings (SSSR count). The van der Waals surface area contributed by atoms with Gasteiger partial charge >= 0.3 is 0 Å². The van der Waals surface area contributed by atoms with Crippen molar-refractivity contribution in [1.29, 1.82) is 0 Å². The van der Waals surface area contributed by atoms with Gasteiger partial charge in [-0.05, 0) is 49.6 Å². The van der Waals surface area contributed by atoms with Crippen LogP contribution in [-0.2, 0) is 6.54 Å². The van der Waals surface area contributed by atoms with Crippen LogP contribution in [0.25, 0.3) is 0 Å². The number of thioether (sulfide) groups is 1. The van der Waals surface area contributed by atoms with Crippen molar-refractivity contribution < 1.29 is 0 Å². The molecule has 0 aromatic heterocycles. The second-order valence-electron chi connectivity index (χ2n) is 5.66. The molecule has 1 heterocycles. The molecule has 1 aromatic carbocycles. The number of nitrogens with zero attached hydrogens (tertiary/aromatic N) is 1. The molecule has 1 fully saturated rings. The third-order valence-corrected chi connectivity index (χ3v) is 5.03. The standard InChI is InChI=1S/C17H28N2S/c1-3-20-14-15(2)18-13-16-7-9-17(10-8-16)19-11-5-4-6-12-19/h7-10,15,18H,3-6,11-14H2,1-2H3. The van der Waals surface area contributed by atoms with Gasteiger partial charge in [0.2, 0.25) is 0 Å². The molecule has 0 radical (unpaired) electrons. The van der Waals surface area contributed by atoms with Gasteiger partial charge in [-0.15, -0.1) is 0 Å². The quantitative estimate of drug-likeness (QED) is 0.820. The second kappa shape index (κ2) is 8.58. The van der Waals surface area contributed by atoms with Gasteiger partial charge in [0.1, 0.15) is 0 Å². The summed E-state index contributed by atoms with van der Waals surface area (Å²) in [4.78, 5) is 2.52. The highest BCUT2D eigenvalue weighted by molar-refractivity contribution is 7.99. The van der Waals surface area contributed by atoms with Gasteiger partial charge in [-0.3, -0.25) is 0 Å². The summed E-state index contributed by atoms with van der Waals surface area (Å²) in [5, 5.41) is 3.60. The van der Waals surface area contributed by atoms with Crippen LogP contribution in [0.3, 0.4) is 0 Å². The smallest absolute Gasteiger partial charge is 0.0366 e. The Morgan fingerprint density at radius 1 is 1.15 bits per heavy atom. The highest BCUT2D eigenvalue weighted by atomic mass is 32.2. The lowest BCUT2D eigenvalue weighted by Crippen LogP contribution is -2.29. The van der Waals surface area contributed by atoms with Crippen LogP contribution in [0.5, 0.6) is 0 Å². The summed E-state index contributed by atoms with van der Waals surface area (Å²) >= 11 is 2.00. The van der Waals surface area contributed by atoms with Crippen LogP contribution in [0.1, 0.15) is 38.7 Å². The molecule has 0 saturated carbocycles. The van der Waals surface area contributed by atoms with Crippen LogP contribution in [0.15, 0.2) is 24.3 Å². The Morgan fingerprint density at radius 2 is 1.85 bits per heavy atom. The molecule has 0 spiro atoms. The van der Waals surface area contributed by atoms with E-state index in [1.807, 2.05) is 11.8 Å². The highest BCUT2D eigenvalue weighted by Crippen LogP contribution is 2.20. The van der Waals surface area contributed by atoms with Crippen LogP contribution in [0, 0.1) is 0 Å². The first-order chi connectivity index (χ1) is 9.79. The molecule has 1 saturated heterocycles. The SMILES string of the molecule is CCSCC(C)NCc1ccc(N2CCCCC2)cc1. The lowest BCUT2D eigenvalue weighted by atomic mass is 10.1. The molecule has 3 heteroatoms. The Kier molecular flexibility index (Phi) is 6.74. The van der Waals surface area contributed by atoms with Crippen molar-refractivity contribution in [3.63, 3.8) is 0 Å². The third-order valence-electron chi connectivity index (χ3n) is 3.88. The molecule has 1 aliphatic heterocycles. The van der Waals surface area contributed by atoms with E-state index >= 15 is 0 Å². The van der Waals surface area contributed by atoms with Gasteiger partial charge in [0.15, 0.2) is 0 Å². The van der Waals surface area contributed by atoms with Crippen LogP contribution in [0.2, 0.25) is 0 Å². The zero-order valence-electron chi connectivity index (χ0n) is 12.9.